The lowest BCUT2D eigenvalue weighted by Crippen LogP contribution is -2.13. The molecule has 1 aliphatic heterocycles. The van der Waals surface area contributed by atoms with Gasteiger partial charge in [-0.25, -0.2) is 9.97 Å². The molecule has 0 bridgehead atoms. The van der Waals surface area contributed by atoms with Gasteiger partial charge in [0, 0.05) is 40.1 Å². The molecule has 0 saturated carbocycles. The van der Waals surface area contributed by atoms with Crippen LogP contribution in [0.15, 0.2) is 42.6 Å². The third-order valence-corrected chi connectivity index (χ3v) is 6.26. The van der Waals surface area contributed by atoms with Crippen molar-refractivity contribution < 1.29 is 9.90 Å². The molecule has 0 saturated heterocycles. The highest BCUT2D eigenvalue weighted by atomic mass is 35.5. The molecule has 0 spiro atoms. The minimum atomic E-state index is -0.250. The summed E-state index contributed by atoms with van der Waals surface area (Å²) in [5.74, 6) is 0.961. The van der Waals surface area contributed by atoms with Crippen molar-refractivity contribution in [3.63, 3.8) is 0 Å². The third-order valence-electron chi connectivity index (χ3n) is 5.78. The van der Waals surface area contributed by atoms with Crippen molar-refractivity contribution in [1.29, 1.82) is 0 Å². The van der Waals surface area contributed by atoms with E-state index in [2.05, 4.69) is 66.7 Å². The van der Waals surface area contributed by atoms with Crippen LogP contribution in [-0.2, 0) is 17.6 Å². The summed E-state index contributed by atoms with van der Waals surface area (Å²) in [5, 5.41) is 14.3. The van der Waals surface area contributed by atoms with Gasteiger partial charge in [0.1, 0.15) is 0 Å². The van der Waals surface area contributed by atoms with Crippen molar-refractivity contribution in [2.24, 2.45) is 0 Å². The van der Waals surface area contributed by atoms with E-state index in [1.165, 1.54) is 11.1 Å². The number of hydrogen-bond donors (Lipinski definition) is 3. The molecule has 0 atom stereocenters. The van der Waals surface area contributed by atoms with Gasteiger partial charge < -0.3 is 20.6 Å². The number of halogens is 1. The molecule has 1 aromatic heterocycles. The highest BCUT2D eigenvalue weighted by Crippen LogP contribution is 2.35. The largest absolute Gasteiger partial charge is 0.483 e. The molecule has 190 valence electrons. The molecular weight excluding hydrogens is 494 g/mol. The Labute approximate surface area is 222 Å². The fraction of sp³-hybridized carbons (Fsp3) is 0.333. The molecule has 9 heteroatoms. The summed E-state index contributed by atoms with van der Waals surface area (Å²) in [7, 11) is 4.22. The lowest BCUT2D eigenvalue weighted by Gasteiger charge is -2.17. The first-order chi connectivity index (χ1) is 17.2. The van der Waals surface area contributed by atoms with Crippen LogP contribution in [0.5, 0.6) is 0 Å². The summed E-state index contributed by atoms with van der Waals surface area (Å²) in [5.41, 5.74) is 7.35. The van der Waals surface area contributed by atoms with Gasteiger partial charge in [0.05, 0.1) is 10.7 Å². The number of benzene rings is 2. The Bertz CT molecular complexity index is 1230. The van der Waals surface area contributed by atoms with E-state index in [-0.39, 0.29) is 6.47 Å². The molecule has 0 unspecified atom stereocenters. The Morgan fingerprint density at radius 3 is 2.69 bits per heavy atom. The molecular formula is C27H32ClN5O2S. The maximum atomic E-state index is 8.36. The Balaban J connectivity index is 0.00000115. The quantitative estimate of drug-likeness (QED) is 0.250. The summed E-state index contributed by atoms with van der Waals surface area (Å²) in [6.45, 7) is 5.23. The Morgan fingerprint density at radius 1 is 1.25 bits per heavy atom. The van der Waals surface area contributed by atoms with Crippen molar-refractivity contribution >= 4 is 52.6 Å². The summed E-state index contributed by atoms with van der Waals surface area (Å²) >= 11 is 11.7. The number of nitrogens with one attached hydrogen (secondary N) is 2. The molecule has 3 N–H and O–H groups in total. The number of carbonyl (C=O) groups is 1. The second-order valence-corrected chi connectivity index (χ2v) is 10.1. The van der Waals surface area contributed by atoms with Gasteiger partial charge in [0.25, 0.3) is 6.47 Å². The fourth-order valence-corrected chi connectivity index (χ4v) is 4.55. The highest BCUT2D eigenvalue weighted by molar-refractivity contribution is 7.80. The molecule has 0 amide bonds. The number of nitrogens with zero attached hydrogens (tertiary/aromatic N) is 3. The summed E-state index contributed by atoms with van der Waals surface area (Å²) in [6, 6.07) is 12.5. The first kappa shape index (κ1) is 27.5. The van der Waals surface area contributed by atoms with Gasteiger partial charge in [-0.05, 0) is 74.8 Å². The lowest BCUT2D eigenvalue weighted by atomic mass is 9.97. The van der Waals surface area contributed by atoms with E-state index in [9.17, 15) is 0 Å². The van der Waals surface area contributed by atoms with Crippen LogP contribution in [0.4, 0.5) is 17.3 Å². The average molecular weight is 526 g/mol. The molecule has 2 aromatic carbocycles. The molecule has 0 fully saturated rings. The van der Waals surface area contributed by atoms with E-state index >= 15 is 0 Å². The number of thiocarbonyl (C=S) groups is 1. The van der Waals surface area contributed by atoms with Crippen molar-refractivity contribution in [3.05, 3.63) is 64.3 Å². The zero-order valence-corrected chi connectivity index (χ0v) is 22.6. The van der Waals surface area contributed by atoms with Gasteiger partial charge in [-0.2, -0.15) is 0 Å². The molecule has 0 radical (unpaired) electrons. The number of aryl methyl sites for hydroxylation is 1. The first-order valence-electron chi connectivity index (χ1n) is 11.8. The number of fused-ring (bicyclic) bond motifs is 3. The first-order valence-corrected chi connectivity index (χ1v) is 12.6. The van der Waals surface area contributed by atoms with Crippen molar-refractivity contribution in [1.82, 2.24) is 14.9 Å². The van der Waals surface area contributed by atoms with Gasteiger partial charge in [0.2, 0.25) is 5.95 Å². The standard InChI is InChI=1S/C26H30ClN5S.CH2O2/c1-16(2)20-9-7-17(6-5-11-32(3)4)12-22(20)30-26-28-15-18-13-24(33)29-23-14-19(27)8-10-21(23)25(18)31-26;2-1-3/h7-10,12,14-16H,5-6,11,13H2,1-4H3,(H,29,33)(H,28,30,31);1H,(H,2,3). The number of hydrogen-bond acceptors (Lipinski definition) is 6. The zero-order chi connectivity index (χ0) is 26.2. The molecule has 36 heavy (non-hydrogen) atoms. The normalized spacial score (nSPS) is 12.1. The van der Waals surface area contributed by atoms with E-state index in [1.807, 2.05) is 24.4 Å². The Kier molecular flexibility index (Phi) is 9.75. The number of anilines is 3. The van der Waals surface area contributed by atoms with E-state index in [0.717, 1.165) is 52.6 Å². The van der Waals surface area contributed by atoms with Crippen molar-refractivity contribution in [2.45, 2.75) is 39.0 Å². The van der Waals surface area contributed by atoms with Crippen LogP contribution < -0.4 is 10.6 Å². The van der Waals surface area contributed by atoms with Gasteiger partial charge in [0.15, 0.2) is 0 Å². The predicted molar refractivity (Wildman–Crippen MR) is 152 cm³/mol. The van der Waals surface area contributed by atoms with Crippen LogP contribution in [0.25, 0.3) is 11.3 Å². The van der Waals surface area contributed by atoms with Crippen LogP contribution in [0.2, 0.25) is 5.02 Å². The van der Waals surface area contributed by atoms with Crippen LogP contribution in [0.1, 0.15) is 42.9 Å². The van der Waals surface area contributed by atoms with Gasteiger partial charge in [-0.3, -0.25) is 4.79 Å². The Hall–Kier alpha value is -3.07. The third kappa shape index (κ3) is 7.22. The second kappa shape index (κ2) is 12.8. The van der Waals surface area contributed by atoms with Gasteiger partial charge in [-0.15, -0.1) is 0 Å². The van der Waals surface area contributed by atoms with Crippen molar-refractivity contribution in [3.8, 4) is 11.3 Å². The van der Waals surface area contributed by atoms with E-state index in [1.54, 1.807) is 0 Å². The fourth-order valence-electron chi connectivity index (χ4n) is 4.11. The van der Waals surface area contributed by atoms with E-state index in [4.69, 9.17) is 38.7 Å². The molecule has 2 heterocycles. The minimum Gasteiger partial charge on any atom is -0.483 e. The predicted octanol–water partition coefficient (Wildman–Crippen LogP) is 6.15. The average Bonchev–Trinajstić information content (AvgIpc) is 2.94. The lowest BCUT2D eigenvalue weighted by molar-refractivity contribution is -0.122. The molecule has 7 nitrogen and oxygen atoms in total. The summed E-state index contributed by atoms with van der Waals surface area (Å²) in [6.07, 6.45) is 4.62. The van der Waals surface area contributed by atoms with Gasteiger partial charge in [-0.1, -0.05) is 49.8 Å². The van der Waals surface area contributed by atoms with Crippen LogP contribution in [0.3, 0.4) is 0 Å². The Morgan fingerprint density at radius 2 is 2.00 bits per heavy atom. The maximum absolute atomic E-state index is 8.36. The van der Waals surface area contributed by atoms with E-state index in [0.29, 0.717) is 23.3 Å². The van der Waals surface area contributed by atoms with E-state index < -0.39 is 0 Å². The molecule has 0 aliphatic carbocycles. The van der Waals surface area contributed by atoms with Gasteiger partial charge >= 0.3 is 0 Å². The van der Waals surface area contributed by atoms with Crippen LogP contribution in [-0.4, -0.2) is 52.1 Å². The van der Waals surface area contributed by atoms with Crippen LogP contribution >= 0.6 is 23.8 Å². The monoisotopic (exact) mass is 525 g/mol. The summed E-state index contributed by atoms with van der Waals surface area (Å²) in [4.78, 5) is 20.9. The summed E-state index contributed by atoms with van der Waals surface area (Å²) < 4.78 is 0. The SMILES string of the molecule is CC(C)c1ccc(CCCN(C)C)cc1Nc1ncc2c(n1)-c1ccc(Cl)cc1NC(=S)C2.O=CO. The topological polar surface area (TPSA) is 90.4 Å². The highest BCUT2D eigenvalue weighted by Gasteiger charge is 2.20. The maximum Gasteiger partial charge on any atom is 0.290 e. The number of carboxylic acid groups (broad SMARTS) is 1. The zero-order valence-electron chi connectivity index (χ0n) is 21.0. The second-order valence-electron chi connectivity index (χ2n) is 9.20. The van der Waals surface area contributed by atoms with Crippen LogP contribution in [0, 0.1) is 0 Å². The van der Waals surface area contributed by atoms with Crippen molar-refractivity contribution in [2.75, 3.05) is 31.3 Å². The minimum absolute atomic E-state index is 0.250. The number of rotatable bonds is 7. The molecule has 3 aromatic rings. The number of aromatic nitrogens is 2. The smallest absolute Gasteiger partial charge is 0.290 e. The molecule has 1 aliphatic rings. The molecule has 4 rings (SSSR count).